The number of carbonyl (C=O) groups is 2. The van der Waals surface area contributed by atoms with Crippen LogP contribution < -0.4 is 31.1 Å². The van der Waals surface area contributed by atoms with Gasteiger partial charge in [-0.2, -0.15) is 0 Å². The minimum absolute atomic E-state index is 0.145. The smallest absolute Gasteiger partial charge is 0.407 e. The molecule has 1 aliphatic heterocycles. The predicted molar refractivity (Wildman–Crippen MR) is 345 cm³/mol. The lowest BCUT2D eigenvalue weighted by atomic mass is 10.1. The molecule has 6 aromatic rings. The number of esters is 1. The highest BCUT2D eigenvalue weighted by Crippen LogP contribution is 2.41. The van der Waals surface area contributed by atoms with Gasteiger partial charge in [0, 0.05) is 78.8 Å². The van der Waals surface area contributed by atoms with E-state index in [4.69, 9.17) is 38.4 Å². The fraction of sp³-hybridized carbons (Fsp3) is 0.388. The maximum Gasteiger partial charge on any atom is 0.407 e. The summed E-state index contributed by atoms with van der Waals surface area (Å²) in [5.41, 5.74) is 7.91. The molecule has 1 unspecified atom stereocenters. The van der Waals surface area contributed by atoms with Crippen molar-refractivity contribution < 1.29 is 46.8 Å². The van der Waals surface area contributed by atoms with Gasteiger partial charge in [0.15, 0.2) is 6.61 Å². The van der Waals surface area contributed by atoms with Crippen molar-refractivity contribution in [3.63, 3.8) is 0 Å². The van der Waals surface area contributed by atoms with Crippen LogP contribution in [0.15, 0.2) is 109 Å². The van der Waals surface area contributed by atoms with E-state index in [-0.39, 0.29) is 19.3 Å². The maximum atomic E-state index is 14.3. The molecule has 0 spiro atoms. The number of amides is 1. The molecule has 0 aliphatic carbocycles. The first kappa shape index (κ1) is 67.2. The number of methoxy groups -OCH3 is 2. The summed E-state index contributed by atoms with van der Waals surface area (Å²) in [5.74, 6) is 20.4. The van der Waals surface area contributed by atoms with Gasteiger partial charge in [0.05, 0.1) is 51.2 Å². The number of unbranched alkanes of at least 4 members (excludes halogenated alkanes) is 1. The highest BCUT2D eigenvalue weighted by atomic mass is 31.2. The van der Waals surface area contributed by atoms with Crippen LogP contribution in [-0.2, 0) is 52.1 Å². The average Bonchev–Trinajstić information content (AvgIpc) is 3.38. The fourth-order valence-corrected chi connectivity index (χ4v) is 12.3. The van der Waals surface area contributed by atoms with Gasteiger partial charge in [-0.3, -0.25) is 19.3 Å². The molecule has 1 aliphatic rings. The Morgan fingerprint density at radius 3 is 1.57 bits per heavy atom. The molecule has 3 aromatic carbocycles. The number of aryl methyl sites for hydroxylation is 1. The van der Waals surface area contributed by atoms with E-state index in [1.807, 2.05) is 101 Å². The number of rotatable bonds is 20. The lowest BCUT2D eigenvalue weighted by Gasteiger charge is -2.32. The number of ether oxygens (including phenoxy) is 4. The third kappa shape index (κ3) is 21.8. The average molecular weight is 1240 g/mol. The van der Waals surface area contributed by atoms with E-state index in [1.165, 1.54) is 7.11 Å². The summed E-state index contributed by atoms with van der Waals surface area (Å²) >= 11 is 0. The van der Waals surface area contributed by atoms with Crippen molar-refractivity contribution in [3.05, 3.63) is 165 Å². The SMILES string of the molecule is CCOP(C)(=O)c1cc(C#Cc2ccc(C)cc2)cc(CN2C[C@H](CCCCNC(=O)OC(C)(C)C)N(Cc3cc(C#Cc4ccc(OCC(=O)OC)cc4)cc(P(C)(C)=O)n3)CN(Cc3cc(C#Cc4ccc(OC)cc4)cc(P(C)(C)=O)n3)C2)n1. The number of hydrogen-bond donors (Lipinski definition) is 1. The monoisotopic (exact) mass is 1240 g/mol. The van der Waals surface area contributed by atoms with E-state index >= 15 is 0 Å². The van der Waals surface area contributed by atoms with Gasteiger partial charge in [0.2, 0.25) is 7.37 Å². The molecule has 1 fully saturated rings. The molecular weight excluding hydrogens is 1160 g/mol. The van der Waals surface area contributed by atoms with Crippen LogP contribution in [0, 0.1) is 42.4 Å². The van der Waals surface area contributed by atoms with Gasteiger partial charge in [-0.1, -0.05) is 59.6 Å². The Hall–Kier alpha value is -7.34. The van der Waals surface area contributed by atoms with E-state index in [0.29, 0.717) is 126 Å². The number of pyridine rings is 3. The first-order valence-electron chi connectivity index (χ1n) is 28.8. The highest BCUT2D eigenvalue weighted by Gasteiger charge is 2.32. The molecule has 0 bridgehead atoms. The second-order valence-electron chi connectivity index (χ2n) is 23.3. The zero-order chi connectivity index (χ0) is 62.9. The first-order valence-corrected chi connectivity index (χ1v) is 36.1. The lowest BCUT2D eigenvalue weighted by Crippen LogP contribution is -2.42. The van der Waals surface area contributed by atoms with E-state index in [2.05, 4.69) is 55.5 Å². The molecule has 17 nitrogen and oxygen atoms in total. The largest absolute Gasteiger partial charge is 0.497 e. The van der Waals surface area contributed by atoms with Crippen molar-refractivity contribution in [3.8, 4) is 47.0 Å². The molecule has 0 radical (unpaired) electrons. The molecule has 458 valence electrons. The van der Waals surface area contributed by atoms with Crippen LogP contribution in [0.5, 0.6) is 11.5 Å². The number of nitrogens with zero attached hydrogens (tertiary/aromatic N) is 6. The van der Waals surface area contributed by atoms with Crippen molar-refractivity contribution in [2.45, 2.75) is 85.2 Å². The van der Waals surface area contributed by atoms with E-state index in [9.17, 15) is 23.3 Å². The quantitative estimate of drug-likeness (QED) is 0.0328. The molecule has 1 N–H and O–H groups in total. The minimum Gasteiger partial charge on any atom is -0.497 e. The Balaban J connectivity index is 1.32. The van der Waals surface area contributed by atoms with Gasteiger partial charge in [-0.05, 0) is 171 Å². The highest BCUT2D eigenvalue weighted by molar-refractivity contribution is 7.70. The molecule has 4 heterocycles. The van der Waals surface area contributed by atoms with Crippen LogP contribution in [0.2, 0.25) is 0 Å². The topological polar surface area (TPSA) is 192 Å². The fourth-order valence-electron chi connectivity index (χ4n) is 9.34. The Bertz CT molecular complexity index is 3730. The molecule has 0 saturated carbocycles. The summed E-state index contributed by atoms with van der Waals surface area (Å²) in [6.45, 7) is 20.4. The van der Waals surface area contributed by atoms with Gasteiger partial charge in [0.25, 0.3) is 0 Å². The number of aromatic nitrogens is 3. The van der Waals surface area contributed by atoms with Crippen LogP contribution >= 0.6 is 21.7 Å². The molecule has 3 aromatic heterocycles. The number of alkyl carbamates (subject to hydrolysis) is 1. The third-order valence-corrected chi connectivity index (χ3v) is 18.1. The summed E-state index contributed by atoms with van der Waals surface area (Å²) < 4.78 is 69.3. The van der Waals surface area contributed by atoms with Gasteiger partial charge in [-0.25, -0.2) is 24.5 Å². The molecular formula is C67H80N7O10P3. The molecule has 20 heteroatoms. The minimum atomic E-state index is -3.39. The second kappa shape index (κ2) is 30.5. The Morgan fingerprint density at radius 2 is 1.08 bits per heavy atom. The zero-order valence-electron chi connectivity index (χ0n) is 52.1. The molecule has 1 saturated heterocycles. The third-order valence-electron chi connectivity index (χ3n) is 13.7. The van der Waals surface area contributed by atoms with Crippen LogP contribution in [0.25, 0.3) is 0 Å². The van der Waals surface area contributed by atoms with E-state index in [1.54, 1.807) is 82.9 Å². The number of hydrogen-bond acceptors (Lipinski definition) is 16. The molecule has 87 heavy (non-hydrogen) atoms. The van der Waals surface area contributed by atoms with Crippen LogP contribution in [0.4, 0.5) is 4.79 Å². The summed E-state index contributed by atoms with van der Waals surface area (Å²) in [7, 11) is -6.30. The molecule has 2 atom stereocenters. The standard InChI is InChI=1S/C67H80N7O10P3/c1-13-83-87(12,79)64-41-55(26-21-50-19-17-49(2)18-20-50)37-56(71-64)42-72-45-59(16-14-15-35-68-66(76)84-67(3,4)5)74(44-58-38-54(40-63(70-58)86(10,11)78)25-23-52-29-33-61(34-30-52)82-46-65(75)81-7)48-73(47-72)43-57-36-53(39-62(69-57)85(8,9)77)24-22-51-27-31-60(80-6)32-28-51/h17-20,27-34,36-41,59H,13-16,35,42-48H2,1-12H3,(H,68,76)/t59-,87?/m0/s1. The predicted octanol–water partition coefficient (Wildman–Crippen LogP) is 9.80. The number of benzene rings is 3. The van der Waals surface area contributed by atoms with Crippen molar-refractivity contribution >= 4 is 50.0 Å². The Kier molecular flexibility index (Phi) is 23.6. The summed E-state index contributed by atoms with van der Waals surface area (Å²) in [5, 5.41) is 2.92. The molecule has 1 amide bonds. The number of carbonyl (C=O) groups excluding carboxylic acids is 2. The van der Waals surface area contributed by atoms with Gasteiger partial charge in [-0.15, -0.1) is 0 Å². The zero-order valence-corrected chi connectivity index (χ0v) is 54.7. The summed E-state index contributed by atoms with van der Waals surface area (Å²) in [6.07, 6.45) is 1.59. The van der Waals surface area contributed by atoms with Crippen molar-refractivity contribution in [2.24, 2.45) is 0 Å². The number of nitrogens with one attached hydrogen (secondary N) is 1. The van der Waals surface area contributed by atoms with Crippen molar-refractivity contribution in [1.82, 2.24) is 35.0 Å². The van der Waals surface area contributed by atoms with Crippen LogP contribution in [0.1, 0.15) is 103 Å². The summed E-state index contributed by atoms with van der Waals surface area (Å²) in [6, 6.07) is 33.5. The van der Waals surface area contributed by atoms with Gasteiger partial charge in [0.1, 0.15) is 47.7 Å². The maximum absolute atomic E-state index is 14.3. The van der Waals surface area contributed by atoms with Crippen molar-refractivity contribution in [2.75, 3.05) is 87.2 Å². The lowest BCUT2D eigenvalue weighted by molar-refractivity contribution is -0.142. The van der Waals surface area contributed by atoms with Crippen molar-refractivity contribution in [1.29, 1.82) is 0 Å². The normalized spacial score (nSPS) is 14.8. The summed E-state index contributed by atoms with van der Waals surface area (Å²) in [4.78, 5) is 46.6. The first-order chi connectivity index (χ1) is 41.2. The van der Waals surface area contributed by atoms with Gasteiger partial charge < -0.3 is 37.9 Å². The Morgan fingerprint density at radius 1 is 0.609 bits per heavy atom. The molecule has 7 rings (SSSR count). The van der Waals surface area contributed by atoms with Crippen LogP contribution in [-0.4, -0.2) is 141 Å². The second-order valence-corrected chi connectivity index (χ2v) is 32.0. The van der Waals surface area contributed by atoms with E-state index < -0.39 is 39.3 Å². The Labute approximate surface area is 513 Å². The van der Waals surface area contributed by atoms with Crippen LogP contribution in [0.3, 0.4) is 0 Å². The van der Waals surface area contributed by atoms with E-state index in [0.717, 1.165) is 23.1 Å². The van der Waals surface area contributed by atoms with Gasteiger partial charge >= 0.3 is 12.1 Å².